The lowest BCUT2D eigenvalue weighted by Crippen LogP contribution is -3.08. The smallest absolute Gasteiger partial charge is 0.0869 e. The van der Waals surface area contributed by atoms with Gasteiger partial charge in [-0.3, -0.25) is 0 Å². The van der Waals surface area contributed by atoms with Crippen LogP contribution in [0, 0.1) is 5.21 Å². The van der Waals surface area contributed by atoms with Crippen LogP contribution in [0.2, 0.25) is 0 Å². The van der Waals surface area contributed by atoms with Gasteiger partial charge in [-0.2, -0.15) is 0 Å². The van der Waals surface area contributed by atoms with Crippen molar-refractivity contribution in [2.75, 3.05) is 7.05 Å². The highest BCUT2D eigenvalue weighted by Gasteiger charge is 2.11. The van der Waals surface area contributed by atoms with Crippen LogP contribution < -0.4 is 5.06 Å². The Morgan fingerprint density at radius 3 is 1.58 bits per heavy atom. The zero-order valence-electron chi connectivity index (χ0n) is 13.7. The second-order valence-electron chi connectivity index (χ2n) is 6.07. The third-order valence-electron chi connectivity index (χ3n) is 4.14. The van der Waals surface area contributed by atoms with Gasteiger partial charge < -0.3 is 10.3 Å². The molecule has 0 radical (unpaired) electrons. The van der Waals surface area contributed by atoms with E-state index in [1.807, 2.05) is 0 Å². The van der Waals surface area contributed by atoms with Crippen LogP contribution in [0.15, 0.2) is 0 Å². The summed E-state index contributed by atoms with van der Waals surface area (Å²) in [5.74, 6) is 0. The van der Waals surface area contributed by atoms with Gasteiger partial charge in [0.15, 0.2) is 0 Å². The molecular formula is C17H37NO. The topological polar surface area (TPSA) is 27.5 Å². The number of rotatable bonds is 14. The first kappa shape index (κ1) is 18.9. The Morgan fingerprint density at radius 2 is 1.11 bits per heavy atom. The van der Waals surface area contributed by atoms with Crippen molar-refractivity contribution in [3.8, 4) is 0 Å². The minimum absolute atomic E-state index is 0.351. The van der Waals surface area contributed by atoms with E-state index >= 15 is 0 Å². The van der Waals surface area contributed by atoms with Crippen LogP contribution in [0.5, 0.6) is 0 Å². The maximum Gasteiger partial charge on any atom is 0.0869 e. The summed E-state index contributed by atoms with van der Waals surface area (Å²) in [6.45, 7) is 4.47. The van der Waals surface area contributed by atoms with Crippen LogP contribution >= 0.6 is 0 Å². The molecular weight excluding hydrogens is 234 g/mol. The van der Waals surface area contributed by atoms with Crippen LogP contribution in [0.1, 0.15) is 97.3 Å². The largest absolute Gasteiger partial charge is 0.634 e. The fourth-order valence-corrected chi connectivity index (χ4v) is 2.70. The molecule has 0 spiro atoms. The molecule has 116 valence electrons. The number of hydroxylamine groups is 2. The molecule has 0 rings (SSSR count). The van der Waals surface area contributed by atoms with Gasteiger partial charge in [0.1, 0.15) is 0 Å². The summed E-state index contributed by atoms with van der Waals surface area (Å²) < 4.78 is 0. The highest BCUT2D eigenvalue weighted by atomic mass is 16.5. The van der Waals surface area contributed by atoms with Gasteiger partial charge in [0.25, 0.3) is 0 Å². The average Bonchev–Trinajstić information content (AvgIpc) is 2.39. The monoisotopic (exact) mass is 271 g/mol. The number of unbranched alkanes of at least 4 members (excludes halogenated alkanes) is 9. The van der Waals surface area contributed by atoms with Crippen molar-refractivity contribution in [1.29, 1.82) is 0 Å². The first-order valence-electron chi connectivity index (χ1n) is 8.72. The Morgan fingerprint density at radius 1 is 0.684 bits per heavy atom. The van der Waals surface area contributed by atoms with Gasteiger partial charge in [-0.1, -0.05) is 71.6 Å². The molecule has 0 bridgehead atoms. The van der Waals surface area contributed by atoms with Crippen molar-refractivity contribution >= 4 is 0 Å². The predicted octanol–water partition coefficient (Wildman–Crippen LogP) is 4.48. The average molecular weight is 271 g/mol. The molecule has 0 aliphatic rings. The summed E-state index contributed by atoms with van der Waals surface area (Å²) in [5.41, 5.74) is 0. The lowest BCUT2D eigenvalue weighted by atomic mass is 10.0. The summed E-state index contributed by atoms with van der Waals surface area (Å²) in [4.78, 5) is 0. The fraction of sp³-hybridized carbons (Fsp3) is 1.00. The molecule has 0 aromatic rings. The van der Waals surface area contributed by atoms with Gasteiger partial charge in [0.2, 0.25) is 0 Å². The lowest BCUT2D eigenvalue weighted by Gasteiger charge is -2.27. The number of hydrogen-bond donors (Lipinski definition) is 1. The standard InChI is InChI=1S/C17H37NO/c1-4-6-8-9-10-11-12-13-14-16-17(18(3)19)15-7-5-2/h17-18H,4-16H2,1-3H3. The van der Waals surface area contributed by atoms with Crippen LogP contribution in [-0.2, 0) is 0 Å². The van der Waals surface area contributed by atoms with Crippen LogP contribution in [0.3, 0.4) is 0 Å². The molecule has 19 heavy (non-hydrogen) atoms. The van der Waals surface area contributed by atoms with E-state index < -0.39 is 0 Å². The van der Waals surface area contributed by atoms with Gasteiger partial charge in [0.05, 0.1) is 13.1 Å². The predicted molar refractivity (Wildman–Crippen MR) is 85.4 cm³/mol. The molecule has 0 heterocycles. The summed E-state index contributed by atoms with van der Waals surface area (Å²) in [6.07, 6.45) is 17.0. The summed E-state index contributed by atoms with van der Waals surface area (Å²) in [5, 5.41) is 11.9. The van der Waals surface area contributed by atoms with Gasteiger partial charge in [0, 0.05) is 0 Å². The maximum absolute atomic E-state index is 11.5. The quantitative estimate of drug-likeness (QED) is 0.366. The van der Waals surface area contributed by atoms with Gasteiger partial charge >= 0.3 is 0 Å². The van der Waals surface area contributed by atoms with Crippen LogP contribution in [0.4, 0.5) is 0 Å². The molecule has 0 aromatic heterocycles. The molecule has 0 saturated heterocycles. The Labute approximate surface area is 121 Å². The molecule has 2 heteroatoms. The number of nitrogens with one attached hydrogen (secondary N) is 1. The van der Waals surface area contributed by atoms with E-state index in [1.165, 1.54) is 70.6 Å². The Bertz CT molecular complexity index is 171. The van der Waals surface area contributed by atoms with E-state index in [1.54, 1.807) is 7.05 Å². The molecule has 1 N–H and O–H groups in total. The summed E-state index contributed by atoms with van der Waals surface area (Å²) >= 11 is 0. The summed E-state index contributed by atoms with van der Waals surface area (Å²) in [6, 6.07) is 0.351. The van der Waals surface area contributed by atoms with Crippen molar-refractivity contribution in [2.24, 2.45) is 0 Å². The highest BCUT2D eigenvalue weighted by molar-refractivity contribution is 4.57. The Hall–Kier alpha value is -0.0800. The molecule has 2 atom stereocenters. The van der Waals surface area contributed by atoms with E-state index in [4.69, 9.17) is 0 Å². The lowest BCUT2D eigenvalue weighted by molar-refractivity contribution is -0.855. The minimum atomic E-state index is 0.351. The Kier molecular flexibility index (Phi) is 14.3. The third kappa shape index (κ3) is 12.7. The molecule has 0 fully saturated rings. The van der Waals surface area contributed by atoms with E-state index in [0.29, 0.717) is 11.1 Å². The first-order valence-corrected chi connectivity index (χ1v) is 8.72. The number of quaternary nitrogens is 1. The van der Waals surface area contributed by atoms with Crippen molar-refractivity contribution in [1.82, 2.24) is 0 Å². The van der Waals surface area contributed by atoms with Crippen molar-refractivity contribution in [2.45, 2.75) is 103 Å². The molecule has 0 aromatic carbocycles. The van der Waals surface area contributed by atoms with E-state index in [-0.39, 0.29) is 0 Å². The second kappa shape index (κ2) is 14.3. The number of hydrogen-bond acceptors (Lipinski definition) is 1. The van der Waals surface area contributed by atoms with Gasteiger partial charge in [-0.25, -0.2) is 0 Å². The summed E-state index contributed by atoms with van der Waals surface area (Å²) in [7, 11) is 1.77. The fourth-order valence-electron chi connectivity index (χ4n) is 2.70. The highest BCUT2D eigenvalue weighted by Crippen LogP contribution is 2.12. The third-order valence-corrected chi connectivity index (χ3v) is 4.14. The van der Waals surface area contributed by atoms with Crippen LogP contribution in [-0.4, -0.2) is 13.1 Å². The molecule has 0 saturated carbocycles. The van der Waals surface area contributed by atoms with E-state index in [0.717, 1.165) is 12.8 Å². The molecule has 0 aliphatic carbocycles. The zero-order valence-corrected chi connectivity index (χ0v) is 13.7. The van der Waals surface area contributed by atoms with Gasteiger partial charge in [-0.15, -0.1) is 0 Å². The normalized spacial score (nSPS) is 14.5. The Balaban J connectivity index is 3.34. The molecule has 0 amide bonds. The van der Waals surface area contributed by atoms with Crippen molar-refractivity contribution < 1.29 is 5.06 Å². The SMILES string of the molecule is CCCCCCCCCCCC(CCCC)[NH+](C)[O-]. The molecule has 0 aliphatic heterocycles. The minimum Gasteiger partial charge on any atom is -0.634 e. The van der Waals surface area contributed by atoms with Crippen molar-refractivity contribution in [3.63, 3.8) is 0 Å². The zero-order chi connectivity index (χ0) is 14.3. The van der Waals surface area contributed by atoms with E-state index in [2.05, 4.69) is 13.8 Å². The maximum atomic E-state index is 11.5. The first-order chi connectivity index (χ1) is 9.22. The molecule has 2 nitrogen and oxygen atoms in total. The van der Waals surface area contributed by atoms with Crippen LogP contribution in [0.25, 0.3) is 0 Å². The molecule has 2 unspecified atom stereocenters. The second-order valence-corrected chi connectivity index (χ2v) is 6.07. The van der Waals surface area contributed by atoms with Crippen molar-refractivity contribution in [3.05, 3.63) is 5.21 Å². The van der Waals surface area contributed by atoms with Gasteiger partial charge in [-0.05, 0) is 25.7 Å². The van der Waals surface area contributed by atoms with E-state index in [9.17, 15) is 5.21 Å².